The van der Waals surface area contributed by atoms with Crippen molar-refractivity contribution in [2.24, 2.45) is 5.92 Å². The van der Waals surface area contributed by atoms with Gasteiger partial charge < -0.3 is 9.64 Å². The lowest BCUT2D eigenvalue weighted by atomic mass is 10.1. The van der Waals surface area contributed by atoms with Gasteiger partial charge in [-0.3, -0.25) is 0 Å². The predicted molar refractivity (Wildman–Crippen MR) is 83.6 cm³/mol. The standard InChI is InChI=1S/C17H35NO/c1-4-6-8-13-18(3)14-12-17(16-10-11-16)19-15-9-7-5-2/h16-17H,4-15H2,1-3H3. The highest BCUT2D eigenvalue weighted by Gasteiger charge is 2.31. The van der Waals surface area contributed by atoms with E-state index in [9.17, 15) is 0 Å². The average molecular weight is 269 g/mol. The smallest absolute Gasteiger partial charge is 0.0615 e. The molecule has 0 amide bonds. The van der Waals surface area contributed by atoms with Gasteiger partial charge >= 0.3 is 0 Å². The quantitative estimate of drug-likeness (QED) is 0.457. The van der Waals surface area contributed by atoms with Crippen molar-refractivity contribution in [2.45, 2.75) is 77.7 Å². The monoisotopic (exact) mass is 269 g/mol. The van der Waals surface area contributed by atoms with Crippen LogP contribution in [-0.2, 0) is 4.74 Å². The minimum Gasteiger partial charge on any atom is -0.378 e. The molecule has 2 heteroatoms. The van der Waals surface area contributed by atoms with Crippen molar-refractivity contribution in [3.63, 3.8) is 0 Å². The fourth-order valence-electron chi connectivity index (χ4n) is 2.60. The zero-order valence-corrected chi connectivity index (χ0v) is 13.5. The highest BCUT2D eigenvalue weighted by atomic mass is 16.5. The summed E-state index contributed by atoms with van der Waals surface area (Å²) in [5, 5.41) is 0. The van der Waals surface area contributed by atoms with E-state index < -0.39 is 0 Å². The molecule has 0 N–H and O–H groups in total. The molecule has 0 heterocycles. The van der Waals surface area contributed by atoms with E-state index in [2.05, 4.69) is 25.8 Å². The minimum absolute atomic E-state index is 0.547. The fraction of sp³-hybridized carbons (Fsp3) is 1.00. The molecule has 0 radical (unpaired) electrons. The lowest BCUT2D eigenvalue weighted by molar-refractivity contribution is 0.0248. The zero-order chi connectivity index (χ0) is 13.9. The second-order valence-electron chi connectivity index (χ2n) is 6.25. The summed E-state index contributed by atoms with van der Waals surface area (Å²) in [6.45, 7) is 7.96. The van der Waals surface area contributed by atoms with Crippen LogP contribution in [0.2, 0.25) is 0 Å². The van der Waals surface area contributed by atoms with E-state index in [4.69, 9.17) is 4.74 Å². The lowest BCUT2D eigenvalue weighted by Gasteiger charge is -2.22. The van der Waals surface area contributed by atoms with Crippen LogP contribution in [0.25, 0.3) is 0 Å². The maximum atomic E-state index is 6.12. The number of hydrogen-bond acceptors (Lipinski definition) is 2. The van der Waals surface area contributed by atoms with E-state index in [1.165, 1.54) is 70.9 Å². The Balaban J connectivity index is 2.07. The molecular weight excluding hydrogens is 234 g/mol. The molecule has 1 fully saturated rings. The Labute approximate surface area is 120 Å². The molecule has 0 aromatic heterocycles. The molecule has 0 saturated heterocycles. The third-order valence-electron chi connectivity index (χ3n) is 4.17. The molecule has 0 spiro atoms. The van der Waals surface area contributed by atoms with Crippen LogP contribution >= 0.6 is 0 Å². The fourth-order valence-corrected chi connectivity index (χ4v) is 2.60. The Morgan fingerprint density at radius 3 is 2.32 bits per heavy atom. The zero-order valence-electron chi connectivity index (χ0n) is 13.5. The highest BCUT2D eigenvalue weighted by molar-refractivity contribution is 4.82. The SMILES string of the molecule is CCCCCOC(CCN(C)CCCCC)C1CC1. The van der Waals surface area contributed by atoms with E-state index in [1.807, 2.05) is 0 Å². The van der Waals surface area contributed by atoms with Crippen LogP contribution in [0, 0.1) is 5.92 Å². The number of ether oxygens (including phenoxy) is 1. The van der Waals surface area contributed by atoms with Crippen LogP contribution in [0.3, 0.4) is 0 Å². The summed E-state index contributed by atoms with van der Waals surface area (Å²) in [6, 6.07) is 0. The number of rotatable bonds is 13. The van der Waals surface area contributed by atoms with Crippen LogP contribution in [0.5, 0.6) is 0 Å². The summed E-state index contributed by atoms with van der Waals surface area (Å²) in [4.78, 5) is 2.49. The molecule has 0 aromatic carbocycles. The van der Waals surface area contributed by atoms with E-state index >= 15 is 0 Å². The molecule has 0 aliphatic heterocycles. The van der Waals surface area contributed by atoms with Gasteiger partial charge in [-0.25, -0.2) is 0 Å². The summed E-state index contributed by atoms with van der Waals surface area (Å²) in [5.74, 6) is 0.880. The second kappa shape index (κ2) is 10.7. The maximum absolute atomic E-state index is 6.12. The summed E-state index contributed by atoms with van der Waals surface area (Å²) < 4.78 is 6.12. The van der Waals surface area contributed by atoms with Crippen molar-refractivity contribution in [1.29, 1.82) is 0 Å². The van der Waals surface area contributed by atoms with Crippen LogP contribution in [0.15, 0.2) is 0 Å². The van der Waals surface area contributed by atoms with Crippen LogP contribution in [-0.4, -0.2) is 37.7 Å². The van der Waals surface area contributed by atoms with Crippen molar-refractivity contribution in [3.05, 3.63) is 0 Å². The van der Waals surface area contributed by atoms with Crippen molar-refractivity contribution >= 4 is 0 Å². The van der Waals surface area contributed by atoms with Crippen LogP contribution in [0.4, 0.5) is 0 Å². The van der Waals surface area contributed by atoms with Gasteiger partial charge in [-0.1, -0.05) is 39.5 Å². The van der Waals surface area contributed by atoms with Gasteiger partial charge in [0.2, 0.25) is 0 Å². The molecule has 114 valence electrons. The van der Waals surface area contributed by atoms with Gasteiger partial charge in [-0.15, -0.1) is 0 Å². The molecule has 1 aliphatic rings. The molecule has 0 bridgehead atoms. The first-order chi connectivity index (χ1) is 9.27. The third-order valence-corrected chi connectivity index (χ3v) is 4.17. The van der Waals surface area contributed by atoms with Gasteiger partial charge in [-0.05, 0) is 51.6 Å². The Kier molecular flexibility index (Phi) is 9.54. The Hall–Kier alpha value is -0.0800. The molecule has 19 heavy (non-hydrogen) atoms. The lowest BCUT2D eigenvalue weighted by Crippen LogP contribution is -2.27. The van der Waals surface area contributed by atoms with Crippen LogP contribution < -0.4 is 0 Å². The Bertz CT molecular complexity index is 203. The first-order valence-electron chi connectivity index (χ1n) is 8.58. The van der Waals surface area contributed by atoms with Gasteiger partial charge in [0.15, 0.2) is 0 Å². The first kappa shape index (κ1) is 17.0. The largest absolute Gasteiger partial charge is 0.378 e. The molecule has 1 saturated carbocycles. The third kappa shape index (κ3) is 8.65. The van der Waals surface area contributed by atoms with Gasteiger partial charge in [0, 0.05) is 13.2 Å². The number of nitrogens with zero attached hydrogens (tertiary/aromatic N) is 1. The topological polar surface area (TPSA) is 12.5 Å². The molecule has 1 atom stereocenters. The Morgan fingerprint density at radius 2 is 1.68 bits per heavy atom. The van der Waals surface area contributed by atoms with Crippen molar-refractivity contribution in [1.82, 2.24) is 4.90 Å². The molecule has 2 nitrogen and oxygen atoms in total. The molecule has 1 aliphatic carbocycles. The van der Waals surface area contributed by atoms with Gasteiger partial charge in [-0.2, -0.15) is 0 Å². The average Bonchev–Trinajstić information content (AvgIpc) is 3.22. The second-order valence-corrected chi connectivity index (χ2v) is 6.25. The first-order valence-corrected chi connectivity index (χ1v) is 8.58. The summed E-state index contributed by atoms with van der Waals surface area (Å²) in [7, 11) is 2.26. The van der Waals surface area contributed by atoms with Gasteiger partial charge in [0.05, 0.1) is 6.10 Å². The number of unbranched alkanes of at least 4 members (excludes halogenated alkanes) is 4. The molecular formula is C17H35NO. The highest BCUT2D eigenvalue weighted by Crippen LogP contribution is 2.36. The normalized spacial score (nSPS) is 17.1. The summed E-state index contributed by atoms with van der Waals surface area (Å²) in [6.07, 6.45) is 12.5. The van der Waals surface area contributed by atoms with Gasteiger partial charge in [0.1, 0.15) is 0 Å². The van der Waals surface area contributed by atoms with Crippen molar-refractivity contribution in [2.75, 3.05) is 26.7 Å². The van der Waals surface area contributed by atoms with Gasteiger partial charge in [0.25, 0.3) is 0 Å². The molecule has 0 aromatic rings. The maximum Gasteiger partial charge on any atom is 0.0615 e. The van der Waals surface area contributed by atoms with E-state index in [0.717, 1.165) is 12.5 Å². The minimum atomic E-state index is 0.547. The molecule has 1 unspecified atom stereocenters. The van der Waals surface area contributed by atoms with E-state index in [1.54, 1.807) is 0 Å². The van der Waals surface area contributed by atoms with E-state index in [0.29, 0.717) is 6.10 Å². The predicted octanol–water partition coefficient (Wildman–Crippen LogP) is 4.48. The number of hydrogen-bond donors (Lipinski definition) is 0. The van der Waals surface area contributed by atoms with E-state index in [-0.39, 0.29) is 0 Å². The van der Waals surface area contributed by atoms with Crippen LogP contribution in [0.1, 0.15) is 71.6 Å². The summed E-state index contributed by atoms with van der Waals surface area (Å²) in [5.41, 5.74) is 0. The molecule has 1 rings (SSSR count). The van der Waals surface area contributed by atoms with Crippen molar-refractivity contribution < 1.29 is 4.74 Å². The van der Waals surface area contributed by atoms with Crippen molar-refractivity contribution in [3.8, 4) is 0 Å². The Morgan fingerprint density at radius 1 is 1.00 bits per heavy atom. The summed E-state index contributed by atoms with van der Waals surface area (Å²) >= 11 is 0.